The minimum Gasteiger partial charge on any atom is -0.424 e. The molecule has 96 valence electrons. The summed E-state index contributed by atoms with van der Waals surface area (Å²) in [5.74, 6) is 0.0622. The molecule has 0 saturated carbocycles. The van der Waals surface area contributed by atoms with Gasteiger partial charge in [-0.3, -0.25) is 4.79 Å². The number of benzene rings is 1. The maximum absolute atomic E-state index is 11.7. The highest BCUT2D eigenvalue weighted by molar-refractivity contribution is 5.84. The van der Waals surface area contributed by atoms with Crippen LogP contribution in [0.25, 0.3) is 11.1 Å². The first kappa shape index (κ1) is 12.4. The van der Waals surface area contributed by atoms with Crippen LogP contribution in [0.2, 0.25) is 0 Å². The van der Waals surface area contributed by atoms with Gasteiger partial charge in [0.15, 0.2) is 5.58 Å². The molecule has 1 aromatic heterocycles. The third-order valence-corrected chi connectivity index (χ3v) is 2.77. The van der Waals surface area contributed by atoms with Crippen molar-refractivity contribution in [2.24, 2.45) is 5.92 Å². The second-order valence-electron chi connectivity index (χ2n) is 4.47. The lowest BCUT2D eigenvalue weighted by Crippen LogP contribution is -2.41. The second kappa shape index (κ2) is 5.08. The number of amides is 1. The van der Waals surface area contributed by atoms with Crippen LogP contribution in [0, 0.1) is 5.92 Å². The highest BCUT2D eigenvalue weighted by Crippen LogP contribution is 2.20. The van der Waals surface area contributed by atoms with E-state index in [-0.39, 0.29) is 17.9 Å². The van der Waals surface area contributed by atoms with Crippen LogP contribution in [0.4, 0.5) is 6.01 Å². The molecule has 18 heavy (non-hydrogen) atoms. The van der Waals surface area contributed by atoms with Crippen molar-refractivity contribution < 1.29 is 9.21 Å². The molecule has 5 nitrogen and oxygen atoms in total. The van der Waals surface area contributed by atoms with Crippen LogP contribution in [-0.4, -0.2) is 24.0 Å². The lowest BCUT2D eigenvalue weighted by atomic mass is 10.0. The first-order chi connectivity index (χ1) is 8.61. The van der Waals surface area contributed by atoms with Gasteiger partial charge in [-0.1, -0.05) is 26.0 Å². The molecular weight excluding hydrogens is 230 g/mol. The quantitative estimate of drug-likeness (QED) is 0.867. The number of likely N-dealkylation sites (N-methyl/N-ethyl adjacent to an activating group) is 1. The van der Waals surface area contributed by atoms with E-state index in [2.05, 4.69) is 15.6 Å². The molecule has 2 N–H and O–H groups in total. The van der Waals surface area contributed by atoms with E-state index in [1.807, 2.05) is 38.1 Å². The van der Waals surface area contributed by atoms with Crippen molar-refractivity contribution in [2.45, 2.75) is 19.9 Å². The lowest BCUT2D eigenvalue weighted by Gasteiger charge is -2.19. The topological polar surface area (TPSA) is 67.2 Å². The minimum atomic E-state index is -0.358. The molecule has 2 aromatic rings. The fourth-order valence-electron chi connectivity index (χ4n) is 1.76. The zero-order chi connectivity index (χ0) is 13.1. The molecule has 0 bridgehead atoms. The molecule has 0 fully saturated rings. The largest absolute Gasteiger partial charge is 0.424 e. The van der Waals surface area contributed by atoms with Gasteiger partial charge in [0, 0.05) is 7.05 Å². The standard InChI is InChI=1S/C13H17N3O2/c1-8(2)11(12(17)14-3)16-13-15-9-6-4-5-7-10(9)18-13/h4-8,11H,1-3H3,(H,14,17)(H,15,16)/t11-/m0/s1. The fourth-order valence-corrected chi connectivity index (χ4v) is 1.76. The highest BCUT2D eigenvalue weighted by atomic mass is 16.4. The number of nitrogens with one attached hydrogen (secondary N) is 2. The number of rotatable bonds is 4. The molecule has 0 spiro atoms. The Labute approximate surface area is 106 Å². The van der Waals surface area contributed by atoms with Crippen LogP contribution in [-0.2, 0) is 4.79 Å². The molecule has 1 heterocycles. The summed E-state index contributed by atoms with van der Waals surface area (Å²) in [5.41, 5.74) is 1.49. The van der Waals surface area contributed by atoms with Crippen LogP contribution in [0.1, 0.15) is 13.8 Å². The number of carbonyl (C=O) groups is 1. The molecular formula is C13H17N3O2. The fraction of sp³-hybridized carbons (Fsp3) is 0.385. The Morgan fingerprint density at radius 1 is 1.33 bits per heavy atom. The number of hydrogen-bond acceptors (Lipinski definition) is 4. The third-order valence-electron chi connectivity index (χ3n) is 2.77. The first-order valence-corrected chi connectivity index (χ1v) is 5.95. The smallest absolute Gasteiger partial charge is 0.296 e. The summed E-state index contributed by atoms with van der Waals surface area (Å²) in [6.07, 6.45) is 0. The molecule has 0 aliphatic heterocycles. The number of nitrogens with zero attached hydrogens (tertiary/aromatic N) is 1. The Morgan fingerprint density at radius 2 is 2.06 bits per heavy atom. The Morgan fingerprint density at radius 3 is 2.67 bits per heavy atom. The molecule has 0 radical (unpaired) electrons. The Kier molecular flexibility index (Phi) is 3.50. The van der Waals surface area contributed by atoms with Gasteiger partial charge in [-0.15, -0.1) is 0 Å². The van der Waals surface area contributed by atoms with Gasteiger partial charge in [0.1, 0.15) is 11.6 Å². The van der Waals surface area contributed by atoms with Crippen molar-refractivity contribution in [3.63, 3.8) is 0 Å². The summed E-state index contributed by atoms with van der Waals surface area (Å²) in [4.78, 5) is 16.0. The van der Waals surface area contributed by atoms with E-state index in [1.54, 1.807) is 7.05 Å². The first-order valence-electron chi connectivity index (χ1n) is 5.95. The van der Waals surface area contributed by atoms with Crippen LogP contribution in [0.3, 0.4) is 0 Å². The molecule has 1 atom stereocenters. The van der Waals surface area contributed by atoms with Crippen molar-refractivity contribution in [1.29, 1.82) is 0 Å². The van der Waals surface area contributed by atoms with Crippen LogP contribution in [0.5, 0.6) is 0 Å². The molecule has 0 unspecified atom stereocenters. The molecule has 1 aromatic carbocycles. The van der Waals surface area contributed by atoms with Gasteiger partial charge in [0.05, 0.1) is 0 Å². The molecule has 0 saturated heterocycles. The maximum Gasteiger partial charge on any atom is 0.296 e. The van der Waals surface area contributed by atoms with E-state index in [0.717, 1.165) is 5.52 Å². The molecule has 0 aliphatic carbocycles. The van der Waals surface area contributed by atoms with E-state index >= 15 is 0 Å². The van der Waals surface area contributed by atoms with Gasteiger partial charge in [0.25, 0.3) is 6.01 Å². The summed E-state index contributed by atoms with van der Waals surface area (Å²) in [6, 6.07) is 7.51. The zero-order valence-electron chi connectivity index (χ0n) is 10.7. The van der Waals surface area contributed by atoms with Crippen LogP contribution >= 0.6 is 0 Å². The number of para-hydroxylation sites is 2. The summed E-state index contributed by atoms with van der Waals surface area (Å²) < 4.78 is 5.54. The van der Waals surface area contributed by atoms with E-state index in [1.165, 1.54) is 0 Å². The summed E-state index contributed by atoms with van der Waals surface area (Å²) in [5, 5.41) is 5.66. The number of hydrogen-bond donors (Lipinski definition) is 2. The van der Waals surface area contributed by atoms with Gasteiger partial charge < -0.3 is 15.1 Å². The molecule has 1 amide bonds. The van der Waals surface area contributed by atoms with E-state index in [0.29, 0.717) is 11.6 Å². The van der Waals surface area contributed by atoms with Crippen molar-refractivity contribution in [3.05, 3.63) is 24.3 Å². The van der Waals surface area contributed by atoms with Crippen LogP contribution in [0.15, 0.2) is 28.7 Å². The monoisotopic (exact) mass is 247 g/mol. The Hall–Kier alpha value is -2.04. The second-order valence-corrected chi connectivity index (χ2v) is 4.47. The van der Waals surface area contributed by atoms with E-state index in [4.69, 9.17) is 4.42 Å². The summed E-state index contributed by atoms with van der Waals surface area (Å²) in [6.45, 7) is 3.94. The van der Waals surface area contributed by atoms with Crippen LogP contribution < -0.4 is 10.6 Å². The van der Waals surface area contributed by atoms with Crippen molar-refractivity contribution >= 4 is 23.0 Å². The minimum absolute atomic E-state index is 0.0766. The lowest BCUT2D eigenvalue weighted by molar-refractivity contribution is -0.122. The molecule has 0 aliphatic rings. The number of oxazole rings is 1. The number of carbonyl (C=O) groups excluding carboxylic acids is 1. The third kappa shape index (κ3) is 2.45. The molecule has 2 rings (SSSR count). The van der Waals surface area contributed by atoms with Crippen molar-refractivity contribution in [1.82, 2.24) is 10.3 Å². The SMILES string of the molecule is CNC(=O)[C@@H](Nc1nc2ccccc2o1)C(C)C. The highest BCUT2D eigenvalue weighted by Gasteiger charge is 2.22. The van der Waals surface area contributed by atoms with Crippen molar-refractivity contribution in [3.8, 4) is 0 Å². The maximum atomic E-state index is 11.7. The predicted molar refractivity (Wildman–Crippen MR) is 70.3 cm³/mol. The zero-order valence-corrected chi connectivity index (χ0v) is 10.7. The summed E-state index contributed by atoms with van der Waals surface area (Å²) in [7, 11) is 1.62. The van der Waals surface area contributed by atoms with Gasteiger partial charge in [-0.25, -0.2) is 0 Å². The normalized spacial score (nSPS) is 12.7. The van der Waals surface area contributed by atoms with E-state index in [9.17, 15) is 4.79 Å². The van der Waals surface area contributed by atoms with Gasteiger partial charge >= 0.3 is 0 Å². The van der Waals surface area contributed by atoms with Gasteiger partial charge in [-0.2, -0.15) is 4.98 Å². The predicted octanol–water partition coefficient (Wildman–Crippen LogP) is 2.01. The average Bonchev–Trinajstić information content (AvgIpc) is 2.77. The molecule has 5 heteroatoms. The number of anilines is 1. The summed E-state index contributed by atoms with van der Waals surface area (Å²) >= 11 is 0. The Bertz CT molecular complexity index is 515. The van der Waals surface area contributed by atoms with Crippen molar-refractivity contribution in [2.75, 3.05) is 12.4 Å². The number of aromatic nitrogens is 1. The van der Waals surface area contributed by atoms with Gasteiger partial charge in [0.2, 0.25) is 5.91 Å². The number of fused-ring (bicyclic) bond motifs is 1. The average molecular weight is 247 g/mol. The van der Waals surface area contributed by atoms with E-state index < -0.39 is 0 Å². The van der Waals surface area contributed by atoms with Gasteiger partial charge in [-0.05, 0) is 18.1 Å². The Balaban J connectivity index is 2.23.